The summed E-state index contributed by atoms with van der Waals surface area (Å²) in [6.07, 6.45) is 0. The van der Waals surface area contributed by atoms with Crippen molar-refractivity contribution in [1.29, 1.82) is 0 Å². The maximum absolute atomic E-state index is 11.8. The summed E-state index contributed by atoms with van der Waals surface area (Å²) in [5.41, 5.74) is 5.85. The number of urea groups is 1. The van der Waals surface area contributed by atoms with Crippen molar-refractivity contribution in [3.8, 4) is 5.75 Å². The van der Waals surface area contributed by atoms with E-state index in [-0.39, 0.29) is 18.2 Å². The van der Waals surface area contributed by atoms with Crippen molar-refractivity contribution >= 4 is 35.2 Å². The number of hydrazine groups is 1. The van der Waals surface area contributed by atoms with Crippen LogP contribution in [0.25, 0.3) is 0 Å². The normalized spacial score (nSPS) is 13.7. The molecule has 0 aliphatic carbocycles. The standard InChI is InChI=1S/C15H19N5O4S/c1-19-9-13(22)20(15(19)23)8-12(21)17-18-14(25)16-7-10-3-5-11(24-2)6-4-10/h3-6H,7-9H2,1-2H3,(H,17,21)(H2,16,18,25). The first kappa shape index (κ1) is 18.5. The Balaban J connectivity index is 1.71. The lowest BCUT2D eigenvalue weighted by Gasteiger charge is -2.15. The minimum absolute atomic E-state index is 0.0264. The molecular formula is C15H19N5O4S. The average Bonchev–Trinajstić information content (AvgIpc) is 2.84. The van der Waals surface area contributed by atoms with E-state index in [9.17, 15) is 14.4 Å². The number of amides is 4. The number of ether oxygens (including phenoxy) is 1. The summed E-state index contributed by atoms with van der Waals surface area (Å²) >= 11 is 5.05. The molecule has 10 heteroatoms. The van der Waals surface area contributed by atoms with Gasteiger partial charge in [0.25, 0.3) is 11.8 Å². The van der Waals surface area contributed by atoms with E-state index in [1.165, 1.54) is 11.9 Å². The summed E-state index contributed by atoms with van der Waals surface area (Å²) in [6, 6.07) is 6.93. The van der Waals surface area contributed by atoms with Crippen LogP contribution in [0.4, 0.5) is 4.79 Å². The monoisotopic (exact) mass is 365 g/mol. The predicted octanol–water partition coefficient (Wildman–Crippen LogP) is -0.415. The van der Waals surface area contributed by atoms with Gasteiger partial charge in [0, 0.05) is 13.6 Å². The molecule has 2 rings (SSSR count). The summed E-state index contributed by atoms with van der Waals surface area (Å²) in [5, 5.41) is 3.13. The maximum atomic E-state index is 11.8. The molecule has 1 aromatic carbocycles. The Kier molecular flexibility index (Phi) is 6.12. The van der Waals surface area contributed by atoms with Gasteiger partial charge in [-0.1, -0.05) is 12.1 Å². The Morgan fingerprint density at radius 3 is 2.48 bits per heavy atom. The number of imide groups is 1. The van der Waals surface area contributed by atoms with Crippen LogP contribution < -0.4 is 20.9 Å². The molecule has 1 saturated heterocycles. The van der Waals surface area contributed by atoms with Gasteiger partial charge < -0.3 is 15.0 Å². The fraction of sp³-hybridized carbons (Fsp3) is 0.333. The fourth-order valence-corrected chi connectivity index (χ4v) is 2.23. The van der Waals surface area contributed by atoms with Gasteiger partial charge in [-0.25, -0.2) is 4.79 Å². The Morgan fingerprint density at radius 1 is 1.24 bits per heavy atom. The van der Waals surface area contributed by atoms with Gasteiger partial charge in [-0.15, -0.1) is 0 Å². The molecule has 9 nitrogen and oxygen atoms in total. The van der Waals surface area contributed by atoms with Crippen molar-refractivity contribution < 1.29 is 19.1 Å². The van der Waals surface area contributed by atoms with Crippen LogP contribution in [0.15, 0.2) is 24.3 Å². The van der Waals surface area contributed by atoms with Crippen LogP contribution in [-0.2, 0) is 16.1 Å². The topological polar surface area (TPSA) is 103 Å². The Bertz CT molecular complexity index is 679. The lowest BCUT2D eigenvalue weighted by molar-refractivity contribution is -0.130. The molecule has 0 radical (unpaired) electrons. The summed E-state index contributed by atoms with van der Waals surface area (Å²) < 4.78 is 5.08. The van der Waals surface area contributed by atoms with Gasteiger partial charge in [0.05, 0.1) is 7.11 Å². The van der Waals surface area contributed by atoms with E-state index >= 15 is 0 Å². The van der Waals surface area contributed by atoms with Gasteiger partial charge in [0.15, 0.2) is 5.11 Å². The van der Waals surface area contributed by atoms with Gasteiger partial charge in [-0.05, 0) is 29.9 Å². The van der Waals surface area contributed by atoms with Crippen LogP contribution in [0.2, 0.25) is 0 Å². The molecule has 0 aromatic heterocycles. The second-order valence-electron chi connectivity index (χ2n) is 5.32. The fourth-order valence-electron chi connectivity index (χ4n) is 2.10. The Labute approximate surface area is 150 Å². The largest absolute Gasteiger partial charge is 0.497 e. The van der Waals surface area contributed by atoms with Gasteiger partial charge in [-0.3, -0.25) is 25.3 Å². The van der Waals surface area contributed by atoms with Gasteiger partial charge in [0.1, 0.15) is 18.8 Å². The quantitative estimate of drug-likeness (QED) is 0.370. The lowest BCUT2D eigenvalue weighted by Crippen LogP contribution is -2.50. The third-order valence-corrected chi connectivity index (χ3v) is 3.71. The smallest absolute Gasteiger partial charge is 0.327 e. The number of hydrogen-bond donors (Lipinski definition) is 3. The van der Waals surface area contributed by atoms with Crippen LogP contribution in [0, 0.1) is 0 Å². The predicted molar refractivity (Wildman–Crippen MR) is 93.4 cm³/mol. The summed E-state index contributed by atoms with van der Waals surface area (Å²) in [7, 11) is 3.09. The summed E-state index contributed by atoms with van der Waals surface area (Å²) in [6.45, 7) is 0.0665. The SMILES string of the molecule is COc1ccc(CNC(=S)NNC(=O)CN2C(=O)CN(C)C2=O)cc1. The van der Waals surface area contributed by atoms with Crippen molar-refractivity contribution in [2.45, 2.75) is 6.54 Å². The number of likely N-dealkylation sites (N-methyl/N-ethyl adjacent to an activating group) is 1. The van der Waals surface area contributed by atoms with E-state index in [4.69, 9.17) is 17.0 Å². The first-order chi connectivity index (χ1) is 11.9. The molecule has 3 N–H and O–H groups in total. The Morgan fingerprint density at radius 2 is 1.92 bits per heavy atom. The molecular weight excluding hydrogens is 346 g/mol. The lowest BCUT2D eigenvalue weighted by atomic mass is 10.2. The highest BCUT2D eigenvalue weighted by molar-refractivity contribution is 7.80. The van der Waals surface area contributed by atoms with Gasteiger partial charge in [-0.2, -0.15) is 0 Å². The van der Waals surface area contributed by atoms with Gasteiger partial charge in [0.2, 0.25) is 0 Å². The van der Waals surface area contributed by atoms with E-state index in [2.05, 4.69) is 16.2 Å². The zero-order valence-electron chi connectivity index (χ0n) is 13.9. The van der Waals surface area contributed by atoms with Gasteiger partial charge >= 0.3 is 6.03 Å². The molecule has 0 atom stereocenters. The van der Waals surface area contributed by atoms with E-state index in [1.807, 2.05) is 24.3 Å². The highest BCUT2D eigenvalue weighted by atomic mass is 32.1. The molecule has 0 saturated carbocycles. The van der Waals surface area contributed by atoms with Crippen molar-refractivity contribution in [3.63, 3.8) is 0 Å². The van der Waals surface area contributed by atoms with Crippen LogP contribution in [0.1, 0.15) is 5.56 Å². The molecule has 0 spiro atoms. The second-order valence-corrected chi connectivity index (χ2v) is 5.73. The summed E-state index contributed by atoms with van der Waals surface area (Å²) in [4.78, 5) is 37.2. The molecule has 0 bridgehead atoms. The first-order valence-electron chi connectivity index (χ1n) is 7.41. The third-order valence-electron chi connectivity index (χ3n) is 3.46. The van der Waals surface area contributed by atoms with Crippen molar-refractivity contribution in [3.05, 3.63) is 29.8 Å². The van der Waals surface area contributed by atoms with Crippen LogP contribution in [0.3, 0.4) is 0 Å². The zero-order valence-corrected chi connectivity index (χ0v) is 14.7. The minimum atomic E-state index is -0.550. The molecule has 4 amide bonds. The minimum Gasteiger partial charge on any atom is -0.497 e. The zero-order chi connectivity index (χ0) is 18.4. The first-order valence-corrected chi connectivity index (χ1v) is 7.82. The number of methoxy groups -OCH3 is 1. The number of carbonyl (C=O) groups is 3. The number of thiocarbonyl (C=S) groups is 1. The Hall–Kier alpha value is -2.88. The van der Waals surface area contributed by atoms with Crippen molar-refractivity contribution in [2.75, 3.05) is 27.2 Å². The number of nitrogens with zero attached hydrogens (tertiary/aromatic N) is 2. The highest BCUT2D eigenvalue weighted by Crippen LogP contribution is 2.10. The van der Waals surface area contributed by atoms with E-state index in [0.717, 1.165) is 16.2 Å². The molecule has 1 aromatic rings. The van der Waals surface area contributed by atoms with Crippen molar-refractivity contribution in [1.82, 2.24) is 26.0 Å². The second kappa shape index (κ2) is 8.29. The molecule has 1 aliphatic heterocycles. The molecule has 1 aliphatic rings. The molecule has 0 unspecified atom stereocenters. The molecule has 134 valence electrons. The number of benzene rings is 1. The van der Waals surface area contributed by atoms with Crippen molar-refractivity contribution in [2.24, 2.45) is 0 Å². The van der Waals surface area contributed by atoms with Crippen LogP contribution >= 0.6 is 12.2 Å². The van der Waals surface area contributed by atoms with Crippen LogP contribution in [0.5, 0.6) is 5.75 Å². The van der Waals surface area contributed by atoms with Crippen LogP contribution in [-0.4, -0.2) is 60.0 Å². The van der Waals surface area contributed by atoms with E-state index in [1.54, 1.807) is 7.11 Å². The number of hydrogen-bond acceptors (Lipinski definition) is 5. The maximum Gasteiger partial charge on any atom is 0.327 e. The summed E-state index contributed by atoms with van der Waals surface area (Å²) in [5.74, 6) is -0.207. The number of rotatable bonds is 5. The number of carbonyl (C=O) groups excluding carboxylic acids is 3. The highest BCUT2D eigenvalue weighted by Gasteiger charge is 2.34. The van der Waals surface area contributed by atoms with E-state index < -0.39 is 17.8 Å². The molecule has 1 fully saturated rings. The molecule has 25 heavy (non-hydrogen) atoms. The number of nitrogens with one attached hydrogen (secondary N) is 3. The third kappa shape index (κ3) is 5.05. The molecule has 1 heterocycles. The van der Waals surface area contributed by atoms with E-state index in [0.29, 0.717) is 6.54 Å². The average molecular weight is 365 g/mol.